The number of aliphatic hydroxyl groups excluding tert-OH is 1. The van der Waals surface area contributed by atoms with Crippen LogP contribution in [-0.2, 0) is 0 Å². The van der Waals surface area contributed by atoms with Crippen LogP contribution in [0.4, 0.5) is 10.9 Å². The standard InChI is InChI=1S/C20H23N5O2S2/c1-12-17(29-18(22-12)13(2)26)15-11-28-20(23-15)24-16-7-6-14(10-21-16)19(27)25-8-4-3-5-9-25/h6-7,10-11,13,26H,3-5,8-9H2,1-2H3,(H,21,23,24). The molecule has 1 aliphatic heterocycles. The van der Waals surface area contributed by atoms with Gasteiger partial charge in [0, 0.05) is 24.7 Å². The number of thiazole rings is 2. The second kappa shape index (κ2) is 8.56. The number of aliphatic hydroxyl groups is 1. The second-order valence-corrected chi connectivity index (χ2v) is 8.98. The first-order valence-corrected chi connectivity index (χ1v) is 11.3. The molecule has 0 bridgehead atoms. The van der Waals surface area contributed by atoms with Crippen molar-refractivity contribution in [1.82, 2.24) is 19.9 Å². The van der Waals surface area contributed by atoms with Crippen LogP contribution in [-0.4, -0.2) is 44.0 Å². The molecule has 152 valence electrons. The summed E-state index contributed by atoms with van der Waals surface area (Å²) in [5.74, 6) is 0.696. The lowest BCUT2D eigenvalue weighted by Crippen LogP contribution is -2.35. The normalized spacial score (nSPS) is 15.3. The summed E-state index contributed by atoms with van der Waals surface area (Å²) in [6.07, 6.45) is 4.38. The van der Waals surface area contributed by atoms with E-state index in [1.165, 1.54) is 29.1 Å². The van der Waals surface area contributed by atoms with E-state index in [2.05, 4.69) is 20.3 Å². The summed E-state index contributed by atoms with van der Waals surface area (Å²) >= 11 is 2.93. The van der Waals surface area contributed by atoms with E-state index in [1.807, 2.05) is 29.3 Å². The maximum Gasteiger partial charge on any atom is 0.255 e. The number of hydrogen-bond donors (Lipinski definition) is 2. The number of aromatic nitrogens is 3. The van der Waals surface area contributed by atoms with E-state index in [0.29, 0.717) is 21.5 Å². The van der Waals surface area contributed by atoms with Crippen LogP contribution < -0.4 is 5.32 Å². The predicted molar refractivity (Wildman–Crippen MR) is 116 cm³/mol. The molecule has 0 aliphatic carbocycles. The van der Waals surface area contributed by atoms with Crippen LogP contribution in [0, 0.1) is 6.92 Å². The quantitative estimate of drug-likeness (QED) is 0.625. The molecule has 0 saturated carbocycles. The highest BCUT2D eigenvalue weighted by Gasteiger charge is 2.19. The Bertz CT molecular complexity index is 991. The van der Waals surface area contributed by atoms with Gasteiger partial charge in [0.2, 0.25) is 0 Å². The molecule has 0 spiro atoms. The van der Waals surface area contributed by atoms with E-state index in [9.17, 15) is 9.90 Å². The fourth-order valence-electron chi connectivity index (χ4n) is 3.25. The van der Waals surface area contributed by atoms with Gasteiger partial charge >= 0.3 is 0 Å². The Morgan fingerprint density at radius 1 is 1.24 bits per heavy atom. The largest absolute Gasteiger partial charge is 0.386 e. The highest BCUT2D eigenvalue weighted by atomic mass is 32.1. The summed E-state index contributed by atoms with van der Waals surface area (Å²) in [5.41, 5.74) is 2.31. The average Bonchev–Trinajstić information content (AvgIpc) is 3.35. The highest BCUT2D eigenvalue weighted by Crippen LogP contribution is 2.34. The first kappa shape index (κ1) is 19.9. The number of hydrogen-bond acceptors (Lipinski definition) is 8. The molecule has 0 radical (unpaired) electrons. The monoisotopic (exact) mass is 429 g/mol. The van der Waals surface area contributed by atoms with Crippen molar-refractivity contribution in [1.29, 1.82) is 0 Å². The zero-order chi connectivity index (χ0) is 20.4. The predicted octanol–water partition coefficient (Wildman–Crippen LogP) is 4.39. The maximum absolute atomic E-state index is 12.5. The molecule has 2 N–H and O–H groups in total. The summed E-state index contributed by atoms with van der Waals surface area (Å²) in [6.45, 7) is 5.29. The van der Waals surface area contributed by atoms with E-state index in [1.54, 1.807) is 13.1 Å². The zero-order valence-electron chi connectivity index (χ0n) is 16.4. The lowest BCUT2D eigenvalue weighted by atomic mass is 10.1. The van der Waals surface area contributed by atoms with Crippen LogP contribution in [0.5, 0.6) is 0 Å². The molecular formula is C20H23N5O2S2. The molecular weight excluding hydrogens is 406 g/mol. The van der Waals surface area contributed by atoms with E-state index in [-0.39, 0.29) is 5.91 Å². The zero-order valence-corrected chi connectivity index (χ0v) is 18.0. The molecule has 4 rings (SSSR count). The number of rotatable bonds is 5. The minimum absolute atomic E-state index is 0.0508. The fraction of sp³-hybridized carbons (Fsp3) is 0.400. The molecule has 1 saturated heterocycles. The Kier molecular flexibility index (Phi) is 5.89. The van der Waals surface area contributed by atoms with Crippen molar-refractivity contribution in [3.63, 3.8) is 0 Å². The molecule has 4 heterocycles. The van der Waals surface area contributed by atoms with Crippen LogP contribution in [0.2, 0.25) is 0 Å². The number of piperidine rings is 1. The molecule has 29 heavy (non-hydrogen) atoms. The van der Waals surface area contributed by atoms with Crippen molar-refractivity contribution in [3.05, 3.63) is 40.0 Å². The van der Waals surface area contributed by atoms with Gasteiger partial charge in [-0.1, -0.05) is 0 Å². The molecule has 1 aliphatic rings. The van der Waals surface area contributed by atoms with Gasteiger partial charge in [-0.25, -0.2) is 15.0 Å². The van der Waals surface area contributed by atoms with Crippen molar-refractivity contribution >= 4 is 39.5 Å². The number of nitrogens with one attached hydrogen (secondary N) is 1. The minimum atomic E-state index is -0.584. The maximum atomic E-state index is 12.5. The lowest BCUT2D eigenvalue weighted by Gasteiger charge is -2.26. The third-order valence-corrected chi connectivity index (χ3v) is 6.90. The molecule has 1 atom stereocenters. The van der Waals surface area contributed by atoms with Crippen LogP contribution in [0.25, 0.3) is 10.6 Å². The van der Waals surface area contributed by atoms with Gasteiger partial charge < -0.3 is 15.3 Å². The van der Waals surface area contributed by atoms with E-state index < -0.39 is 6.10 Å². The smallest absolute Gasteiger partial charge is 0.255 e. The van der Waals surface area contributed by atoms with Crippen molar-refractivity contribution in [3.8, 4) is 10.6 Å². The average molecular weight is 430 g/mol. The number of carbonyl (C=O) groups excluding carboxylic acids is 1. The van der Waals surface area contributed by atoms with Crippen molar-refractivity contribution < 1.29 is 9.90 Å². The van der Waals surface area contributed by atoms with Crippen molar-refractivity contribution in [2.24, 2.45) is 0 Å². The topological polar surface area (TPSA) is 91.2 Å². The first-order valence-electron chi connectivity index (χ1n) is 9.65. The molecule has 0 aromatic carbocycles. The lowest BCUT2D eigenvalue weighted by molar-refractivity contribution is 0.0724. The summed E-state index contributed by atoms with van der Waals surface area (Å²) < 4.78 is 0. The van der Waals surface area contributed by atoms with Crippen LogP contribution in [0.15, 0.2) is 23.7 Å². The number of likely N-dealkylation sites (tertiary alicyclic amines) is 1. The number of carbonyl (C=O) groups is 1. The third kappa shape index (κ3) is 4.47. The van der Waals surface area contributed by atoms with Gasteiger partial charge in [-0.15, -0.1) is 22.7 Å². The summed E-state index contributed by atoms with van der Waals surface area (Å²) in [7, 11) is 0. The van der Waals surface area contributed by atoms with Crippen molar-refractivity contribution in [2.75, 3.05) is 18.4 Å². The van der Waals surface area contributed by atoms with E-state index in [4.69, 9.17) is 0 Å². The van der Waals surface area contributed by atoms with E-state index in [0.717, 1.165) is 42.2 Å². The number of pyridine rings is 1. The number of nitrogens with zero attached hydrogens (tertiary/aromatic N) is 4. The second-order valence-electron chi connectivity index (χ2n) is 7.09. The highest BCUT2D eigenvalue weighted by molar-refractivity contribution is 7.17. The van der Waals surface area contributed by atoms with Crippen LogP contribution in [0.3, 0.4) is 0 Å². The number of amides is 1. The minimum Gasteiger partial charge on any atom is -0.386 e. The van der Waals surface area contributed by atoms with Gasteiger partial charge in [0.25, 0.3) is 5.91 Å². The Hall–Kier alpha value is -2.36. The van der Waals surface area contributed by atoms with Crippen LogP contribution in [0.1, 0.15) is 53.3 Å². The Balaban J connectivity index is 1.44. The molecule has 9 heteroatoms. The fourth-order valence-corrected chi connectivity index (χ4v) is 5.00. The van der Waals surface area contributed by atoms with E-state index >= 15 is 0 Å². The first-order chi connectivity index (χ1) is 14.0. The summed E-state index contributed by atoms with van der Waals surface area (Å²) in [6, 6.07) is 3.62. The number of aryl methyl sites for hydroxylation is 1. The number of anilines is 2. The van der Waals surface area contributed by atoms with Gasteiger partial charge in [0.05, 0.1) is 21.8 Å². The van der Waals surface area contributed by atoms with Gasteiger partial charge in [0.15, 0.2) is 5.13 Å². The third-order valence-electron chi connectivity index (χ3n) is 4.80. The van der Waals surface area contributed by atoms with Crippen molar-refractivity contribution in [2.45, 2.75) is 39.2 Å². The molecule has 1 fully saturated rings. The van der Waals surface area contributed by atoms with Gasteiger partial charge in [-0.3, -0.25) is 4.79 Å². The summed E-state index contributed by atoms with van der Waals surface area (Å²) in [4.78, 5) is 28.8. The molecule has 1 unspecified atom stereocenters. The van der Waals surface area contributed by atoms with Gasteiger partial charge in [0.1, 0.15) is 16.9 Å². The SMILES string of the molecule is Cc1nc(C(C)O)sc1-c1csc(Nc2ccc(C(=O)N3CCCCC3)cn2)n1. The van der Waals surface area contributed by atoms with Crippen LogP contribution >= 0.6 is 22.7 Å². The molecule has 7 nitrogen and oxygen atoms in total. The molecule has 1 amide bonds. The molecule has 3 aromatic rings. The van der Waals surface area contributed by atoms with Gasteiger partial charge in [-0.05, 0) is 45.2 Å². The van der Waals surface area contributed by atoms with Gasteiger partial charge in [-0.2, -0.15) is 0 Å². The molecule has 3 aromatic heterocycles. The Morgan fingerprint density at radius 3 is 2.69 bits per heavy atom. The Morgan fingerprint density at radius 2 is 2.03 bits per heavy atom. The Labute approximate surface area is 177 Å². The summed E-state index contributed by atoms with van der Waals surface area (Å²) in [5, 5.41) is 16.3.